The van der Waals surface area contributed by atoms with E-state index in [9.17, 15) is 0 Å². The Bertz CT molecular complexity index is 1080. The van der Waals surface area contributed by atoms with Gasteiger partial charge in [0.25, 0.3) is 0 Å². The molecule has 0 radical (unpaired) electrons. The van der Waals surface area contributed by atoms with Gasteiger partial charge in [-0.05, 0) is 30.0 Å². The van der Waals surface area contributed by atoms with Gasteiger partial charge in [0.05, 0.1) is 25.5 Å². The minimum absolute atomic E-state index is 0.749. The van der Waals surface area contributed by atoms with Crippen molar-refractivity contribution in [2.75, 3.05) is 26.1 Å². The number of methoxy groups -OCH3 is 2. The van der Waals surface area contributed by atoms with E-state index in [0.29, 0.717) is 0 Å². The van der Waals surface area contributed by atoms with Gasteiger partial charge < -0.3 is 14.8 Å². The molecule has 0 unspecified atom stereocenters. The summed E-state index contributed by atoms with van der Waals surface area (Å²) in [5.74, 6) is 2.27. The molecule has 0 atom stereocenters. The molecule has 30 heavy (non-hydrogen) atoms. The Morgan fingerprint density at radius 2 is 2.03 bits per heavy atom. The third kappa shape index (κ3) is 5.31. The van der Waals surface area contributed by atoms with Crippen molar-refractivity contribution in [2.24, 2.45) is 0 Å². The average molecular weight is 477 g/mol. The molecule has 0 saturated heterocycles. The minimum atomic E-state index is 0.749. The molecule has 1 aromatic carbocycles. The van der Waals surface area contributed by atoms with Gasteiger partial charge in [0.1, 0.15) is 16.5 Å². The lowest BCUT2D eigenvalue weighted by atomic mass is 10.2. The number of thiophene rings is 1. The van der Waals surface area contributed by atoms with Crippen molar-refractivity contribution in [1.29, 1.82) is 0 Å². The highest BCUT2D eigenvalue weighted by molar-refractivity contribution is 8.00. The van der Waals surface area contributed by atoms with E-state index < -0.39 is 0 Å². The van der Waals surface area contributed by atoms with Crippen molar-refractivity contribution in [3.05, 3.63) is 51.7 Å². The molecule has 6 nitrogen and oxygen atoms in total. The summed E-state index contributed by atoms with van der Waals surface area (Å²) in [6.07, 6.45) is 0.996. The van der Waals surface area contributed by atoms with E-state index in [1.165, 1.54) is 4.88 Å². The molecular weight excluding hydrogens is 457 g/mol. The SMILES string of the molecule is COc1ccc(-c2nc(CSc3nnc(NCCc4cccs4)s3)cs2)c(OC)c1. The molecular formula is C20H20N4O2S4. The number of aromatic nitrogens is 3. The Morgan fingerprint density at radius 3 is 2.83 bits per heavy atom. The molecule has 4 rings (SSSR count). The summed E-state index contributed by atoms with van der Waals surface area (Å²) >= 11 is 6.61. The Kier molecular flexibility index (Phi) is 7.21. The van der Waals surface area contributed by atoms with Crippen LogP contribution in [0.15, 0.2) is 45.4 Å². The van der Waals surface area contributed by atoms with Gasteiger partial charge in [0, 0.05) is 28.6 Å². The van der Waals surface area contributed by atoms with E-state index in [2.05, 4.69) is 38.4 Å². The third-order valence-electron chi connectivity index (χ3n) is 4.17. The van der Waals surface area contributed by atoms with Gasteiger partial charge in [-0.15, -0.1) is 32.9 Å². The number of rotatable bonds is 10. The molecule has 3 heterocycles. The molecule has 0 aliphatic rings. The molecule has 0 bridgehead atoms. The van der Waals surface area contributed by atoms with Crippen molar-refractivity contribution in [3.63, 3.8) is 0 Å². The van der Waals surface area contributed by atoms with Crippen LogP contribution in [-0.2, 0) is 12.2 Å². The number of nitrogens with zero attached hydrogens (tertiary/aromatic N) is 3. The van der Waals surface area contributed by atoms with Crippen LogP contribution in [0.4, 0.5) is 5.13 Å². The summed E-state index contributed by atoms with van der Waals surface area (Å²) in [6.45, 7) is 0.860. The monoisotopic (exact) mass is 476 g/mol. The van der Waals surface area contributed by atoms with Crippen LogP contribution in [0.25, 0.3) is 10.6 Å². The van der Waals surface area contributed by atoms with Gasteiger partial charge in [0.15, 0.2) is 4.34 Å². The summed E-state index contributed by atoms with van der Waals surface area (Å²) in [4.78, 5) is 6.13. The zero-order chi connectivity index (χ0) is 20.8. The molecule has 3 aromatic heterocycles. The van der Waals surface area contributed by atoms with Crippen molar-refractivity contribution in [1.82, 2.24) is 15.2 Å². The normalized spacial score (nSPS) is 10.9. The van der Waals surface area contributed by atoms with Crippen molar-refractivity contribution in [2.45, 2.75) is 16.5 Å². The first kappa shape index (κ1) is 21.1. The van der Waals surface area contributed by atoms with Crippen LogP contribution in [0.3, 0.4) is 0 Å². The number of thioether (sulfide) groups is 1. The minimum Gasteiger partial charge on any atom is -0.497 e. The first-order valence-electron chi connectivity index (χ1n) is 9.14. The predicted molar refractivity (Wildman–Crippen MR) is 127 cm³/mol. The van der Waals surface area contributed by atoms with E-state index in [4.69, 9.17) is 14.5 Å². The Hall–Kier alpha value is -2.14. The second-order valence-corrected chi connectivity index (χ2v) is 10.2. The average Bonchev–Trinajstić information content (AvgIpc) is 3.54. The second kappa shape index (κ2) is 10.3. The molecule has 1 N–H and O–H groups in total. The maximum absolute atomic E-state index is 5.50. The van der Waals surface area contributed by atoms with Crippen molar-refractivity contribution >= 4 is 50.9 Å². The number of nitrogens with one attached hydrogen (secondary N) is 1. The Labute approximate surface area is 191 Å². The van der Waals surface area contributed by atoms with E-state index in [0.717, 1.165) is 56.0 Å². The van der Waals surface area contributed by atoms with Gasteiger partial charge in [-0.1, -0.05) is 29.2 Å². The summed E-state index contributed by atoms with van der Waals surface area (Å²) < 4.78 is 11.7. The van der Waals surface area contributed by atoms with Gasteiger partial charge in [-0.25, -0.2) is 4.98 Å². The van der Waals surface area contributed by atoms with Gasteiger partial charge in [0.2, 0.25) is 5.13 Å². The zero-order valence-corrected chi connectivity index (χ0v) is 19.7. The molecule has 156 valence electrons. The van der Waals surface area contributed by atoms with Gasteiger partial charge in [-0.2, -0.15) is 0 Å². The smallest absolute Gasteiger partial charge is 0.206 e. The van der Waals surface area contributed by atoms with E-state index in [1.54, 1.807) is 60.0 Å². The highest BCUT2D eigenvalue weighted by Crippen LogP contribution is 2.36. The molecule has 0 amide bonds. The lowest BCUT2D eigenvalue weighted by Gasteiger charge is -2.08. The van der Waals surface area contributed by atoms with Crippen LogP contribution in [0.5, 0.6) is 11.5 Å². The Morgan fingerprint density at radius 1 is 1.10 bits per heavy atom. The maximum atomic E-state index is 5.50. The van der Waals surface area contributed by atoms with Crippen LogP contribution in [0, 0.1) is 0 Å². The predicted octanol–water partition coefficient (Wildman–Crippen LogP) is 5.69. The lowest BCUT2D eigenvalue weighted by Crippen LogP contribution is -2.03. The summed E-state index contributed by atoms with van der Waals surface area (Å²) in [5.41, 5.74) is 1.98. The van der Waals surface area contributed by atoms with Crippen LogP contribution in [0.1, 0.15) is 10.6 Å². The molecule has 0 aliphatic carbocycles. The topological polar surface area (TPSA) is 69.2 Å². The van der Waals surface area contributed by atoms with Gasteiger partial charge >= 0.3 is 0 Å². The quantitative estimate of drug-likeness (QED) is 0.295. The number of thiazole rings is 1. The van der Waals surface area contributed by atoms with Crippen molar-refractivity contribution in [3.8, 4) is 22.1 Å². The summed E-state index contributed by atoms with van der Waals surface area (Å²) in [5, 5.41) is 17.8. The standard InChI is InChI=1S/C20H20N4O2S4/c1-25-14-5-6-16(17(10-14)26-2)18-22-13(11-28-18)12-29-20-24-23-19(30-20)21-8-7-15-4-3-9-27-15/h3-6,9-11H,7-8,12H2,1-2H3,(H,21,23). The van der Waals surface area contributed by atoms with Gasteiger partial charge in [-0.3, -0.25) is 0 Å². The Balaban J connectivity index is 1.32. The number of hydrogen-bond donors (Lipinski definition) is 1. The van der Waals surface area contributed by atoms with Crippen LogP contribution < -0.4 is 14.8 Å². The zero-order valence-electron chi connectivity index (χ0n) is 16.5. The highest BCUT2D eigenvalue weighted by atomic mass is 32.2. The second-order valence-electron chi connectivity index (χ2n) is 6.13. The van der Waals surface area contributed by atoms with E-state index in [-0.39, 0.29) is 0 Å². The lowest BCUT2D eigenvalue weighted by molar-refractivity contribution is 0.395. The number of benzene rings is 1. The van der Waals surface area contributed by atoms with Crippen LogP contribution >= 0.6 is 45.8 Å². The van der Waals surface area contributed by atoms with E-state index in [1.807, 2.05) is 18.2 Å². The van der Waals surface area contributed by atoms with E-state index >= 15 is 0 Å². The highest BCUT2D eigenvalue weighted by Gasteiger charge is 2.13. The number of ether oxygens (including phenoxy) is 2. The summed E-state index contributed by atoms with van der Waals surface area (Å²) in [7, 11) is 3.30. The fourth-order valence-corrected chi connectivity index (χ4v) is 6.03. The first-order chi connectivity index (χ1) is 14.7. The molecule has 0 fully saturated rings. The van der Waals surface area contributed by atoms with Crippen molar-refractivity contribution < 1.29 is 9.47 Å². The largest absolute Gasteiger partial charge is 0.497 e. The fraction of sp³-hybridized carbons (Fsp3) is 0.250. The maximum Gasteiger partial charge on any atom is 0.206 e. The molecule has 4 aromatic rings. The van der Waals surface area contributed by atoms with Crippen LogP contribution in [0.2, 0.25) is 0 Å². The summed E-state index contributed by atoms with van der Waals surface area (Å²) in [6, 6.07) is 10.00. The number of anilines is 1. The fourth-order valence-electron chi connectivity index (χ4n) is 2.69. The third-order valence-corrected chi connectivity index (χ3v) is 8.08. The molecule has 0 aliphatic heterocycles. The molecule has 10 heteroatoms. The molecule has 0 saturated carbocycles. The number of hydrogen-bond acceptors (Lipinski definition) is 10. The van der Waals surface area contributed by atoms with Crippen LogP contribution in [-0.4, -0.2) is 35.9 Å². The first-order valence-corrected chi connectivity index (χ1v) is 12.7. The molecule has 0 spiro atoms.